The third kappa shape index (κ3) is 3.05. The molecule has 1 aromatic carbocycles. The largest absolute Gasteiger partial charge is 0.491 e. The van der Waals surface area contributed by atoms with E-state index in [0.29, 0.717) is 0 Å². The van der Waals surface area contributed by atoms with Crippen LogP contribution in [0.2, 0.25) is 0 Å². The van der Waals surface area contributed by atoms with Crippen molar-refractivity contribution in [1.82, 2.24) is 5.32 Å². The van der Waals surface area contributed by atoms with E-state index in [1.165, 1.54) is 38.5 Å². The second kappa shape index (κ2) is 6.09. The second-order valence-corrected chi connectivity index (χ2v) is 8.51. The summed E-state index contributed by atoms with van der Waals surface area (Å²) in [5.41, 5.74) is 0.833. The molecule has 0 spiro atoms. The van der Waals surface area contributed by atoms with E-state index in [0.717, 1.165) is 35.5 Å². The first-order valence-electron chi connectivity index (χ1n) is 9.64. The molecular weight excluding hydrogens is 298 g/mol. The van der Waals surface area contributed by atoms with E-state index in [2.05, 4.69) is 19.2 Å². The van der Waals surface area contributed by atoms with Crippen molar-refractivity contribution in [2.24, 2.45) is 17.8 Å². The lowest BCUT2D eigenvalue weighted by molar-refractivity contribution is -0.0167. The first-order chi connectivity index (χ1) is 11.5. The topological polar surface area (TPSA) is 38.3 Å². The van der Waals surface area contributed by atoms with E-state index in [9.17, 15) is 4.79 Å². The molecule has 4 bridgehead atoms. The Labute approximate surface area is 145 Å². The van der Waals surface area contributed by atoms with E-state index < -0.39 is 0 Å². The van der Waals surface area contributed by atoms with Crippen molar-refractivity contribution in [2.45, 2.75) is 70.4 Å². The van der Waals surface area contributed by atoms with Crippen molar-refractivity contribution in [3.05, 3.63) is 29.8 Å². The predicted octanol–water partition coefficient (Wildman–Crippen LogP) is 4.56. The smallest absolute Gasteiger partial charge is 0.251 e. The van der Waals surface area contributed by atoms with Gasteiger partial charge in [0.2, 0.25) is 0 Å². The Bertz CT molecular complexity index is 571. The number of hydrogen-bond acceptors (Lipinski definition) is 2. The molecule has 3 nitrogen and oxygen atoms in total. The lowest BCUT2D eigenvalue weighted by Crippen LogP contribution is -2.59. The van der Waals surface area contributed by atoms with Crippen molar-refractivity contribution >= 4 is 5.91 Å². The Kier molecular flexibility index (Phi) is 4.06. The van der Waals surface area contributed by atoms with Gasteiger partial charge in [-0.2, -0.15) is 0 Å². The molecule has 5 rings (SSSR count). The van der Waals surface area contributed by atoms with E-state index in [-0.39, 0.29) is 17.6 Å². The SMILES string of the molecule is CC[C@@H](C)Oc1ccc(C(=O)NC23CC4CC(CC(C4)C2)C3)cc1. The van der Waals surface area contributed by atoms with Crippen molar-refractivity contribution in [3.63, 3.8) is 0 Å². The Morgan fingerprint density at radius 3 is 2.17 bits per heavy atom. The molecule has 4 saturated carbocycles. The highest BCUT2D eigenvalue weighted by atomic mass is 16.5. The zero-order valence-corrected chi connectivity index (χ0v) is 14.9. The van der Waals surface area contributed by atoms with Crippen LogP contribution in [0, 0.1) is 17.8 Å². The number of hydrogen-bond donors (Lipinski definition) is 1. The van der Waals surface area contributed by atoms with Crippen LogP contribution in [-0.2, 0) is 0 Å². The Morgan fingerprint density at radius 1 is 1.12 bits per heavy atom. The van der Waals surface area contributed by atoms with Crippen LogP contribution < -0.4 is 10.1 Å². The third-order valence-corrected chi connectivity index (χ3v) is 6.45. The quantitative estimate of drug-likeness (QED) is 0.861. The fourth-order valence-electron chi connectivity index (χ4n) is 5.58. The summed E-state index contributed by atoms with van der Waals surface area (Å²) in [4.78, 5) is 12.8. The number of nitrogens with one attached hydrogen (secondary N) is 1. The number of rotatable bonds is 5. The first kappa shape index (κ1) is 16.0. The molecule has 3 heteroatoms. The molecule has 0 aliphatic heterocycles. The van der Waals surface area contributed by atoms with E-state index in [1.54, 1.807) is 0 Å². The number of benzene rings is 1. The molecule has 0 radical (unpaired) electrons. The van der Waals surface area contributed by atoms with Crippen LogP contribution in [0.25, 0.3) is 0 Å². The number of amides is 1. The highest BCUT2D eigenvalue weighted by molar-refractivity contribution is 5.94. The number of carbonyl (C=O) groups is 1. The maximum absolute atomic E-state index is 12.8. The van der Waals surface area contributed by atoms with Crippen molar-refractivity contribution in [2.75, 3.05) is 0 Å². The van der Waals surface area contributed by atoms with Gasteiger partial charge in [0, 0.05) is 11.1 Å². The minimum absolute atomic E-state index is 0.0811. The Morgan fingerprint density at radius 2 is 1.67 bits per heavy atom. The molecular formula is C21H29NO2. The van der Waals surface area contributed by atoms with Gasteiger partial charge < -0.3 is 10.1 Å². The summed E-state index contributed by atoms with van der Waals surface area (Å²) in [5, 5.41) is 3.43. The minimum Gasteiger partial charge on any atom is -0.491 e. The van der Waals surface area contributed by atoms with Gasteiger partial charge in [0.1, 0.15) is 5.75 Å². The molecule has 0 aromatic heterocycles. The second-order valence-electron chi connectivity index (χ2n) is 8.51. The molecule has 24 heavy (non-hydrogen) atoms. The maximum atomic E-state index is 12.8. The normalized spacial score (nSPS) is 34.8. The third-order valence-electron chi connectivity index (χ3n) is 6.45. The zero-order valence-electron chi connectivity index (χ0n) is 14.9. The molecule has 0 saturated heterocycles. The van der Waals surface area contributed by atoms with Crippen LogP contribution in [0.5, 0.6) is 5.75 Å². The van der Waals surface area contributed by atoms with Gasteiger partial charge in [-0.25, -0.2) is 0 Å². The average Bonchev–Trinajstić information content (AvgIpc) is 2.53. The molecule has 4 aliphatic carbocycles. The average molecular weight is 327 g/mol. The van der Waals surface area contributed by atoms with Gasteiger partial charge in [-0.15, -0.1) is 0 Å². The number of ether oxygens (including phenoxy) is 1. The predicted molar refractivity (Wildman–Crippen MR) is 95.2 cm³/mol. The summed E-state index contributed by atoms with van der Waals surface area (Å²) in [6, 6.07) is 7.63. The van der Waals surface area contributed by atoms with Crippen molar-refractivity contribution in [3.8, 4) is 5.75 Å². The number of carbonyl (C=O) groups excluding carboxylic acids is 1. The minimum atomic E-state index is 0.0811. The van der Waals surface area contributed by atoms with Gasteiger partial charge in [-0.05, 0) is 93.9 Å². The highest BCUT2D eigenvalue weighted by Gasteiger charge is 2.51. The molecule has 4 aliphatic rings. The zero-order chi connectivity index (χ0) is 16.7. The van der Waals surface area contributed by atoms with Crippen LogP contribution >= 0.6 is 0 Å². The molecule has 1 amide bonds. The molecule has 1 N–H and O–H groups in total. The highest BCUT2D eigenvalue weighted by Crippen LogP contribution is 2.55. The lowest BCUT2D eigenvalue weighted by Gasteiger charge is -2.56. The molecule has 0 heterocycles. The first-order valence-corrected chi connectivity index (χ1v) is 9.64. The summed E-state index contributed by atoms with van der Waals surface area (Å²) in [6.07, 6.45) is 8.97. The van der Waals surface area contributed by atoms with Gasteiger partial charge in [0.25, 0.3) is 5.91 Å². The molecule has 0 unspecified atom stereocenters. The maximum Gasteiger partial charge on any atom is 0.251 e. The van der Waals surface area contributed by atoms with Gasteiger partial charge in [0.15, 0.2) is 0 Å². The van der Waals surface area contributed by atoms with Crippen LogP contribution in [0.1, 0.15) is 69.2 Å². The van der Waals surface area contributed by atoms with Gasteiger partial charge >= 0.3 is 0 Å². The summed E-state index contributed by atoms with van der Waals surface area (Å²) in [7, 11) is 0. The van der Waals surface area contributed by atoms with Crippen LogP contribution in [-0.4, -0.2) is 17.6 Å². The summed E-state index contributed by atoms with van der Waals surface area (Å²) in [6.45, 7) is 4.17. The van der Waals surface area contributed by atoms with Crippen LogP contribution in [0.3, 0.4) is 0 Å². The lowest BCUT2D eigenvalue weighted by atomic mass is 9.53. The monoisotopic (exact) mass is 327 g/mol. The van der Waals surface area contributed by atoms with Crippen molar-refractivity contribution in [1.29, 1.82) is 0 Å². The Hall–Kier alpha value is -1.51. The summed E-state index contributed by atoms with van der Waals surface area (Å²) < 4.78 is 5.80. The fraction of sp³-hybridized carbons (Fsp3) is 0.667. The van der Waals surface area contributed by atoms with Gasteiger partial charge in [-0.3, -0.25) is 4.79 Å². The summed E-state index contributed by atoms with van der Waals surface area (Å²) in [5.74, 6) is 3.48. The van der Waals surface area contributed by atoms with Gasteiger partial charge in [0.05, 0.1) is 6.10 Å². The molecule has 130 valence electrons. The van der Waals surface area contributed by atoms with Crippen LogP contribution in [0.4, 0.5) is 0 Å². The van der Waals surface area contributed by atoms with Crippen molar-refractivity contribution < 1.29 is 9.53 Å². The van der Waals surface area contributed by atoms with Crippen LogP contribution in [0.15, 0.2) is 24.3 Å². The van der Waals surface area contributed by atoms with E-state index in [1.807, 2.05) is 24.3 Å². The Balaban J connectivity index is 1.43. The molecule has 1 aromatic rings. The summed E-state index contributed by atoms with van der Waals surface area (Å²) >= 11 is 0. The van der Waals surface area contributed by atoms with E-state index >= 15 is 0 Å². The molecule has 4 fully saturated rings. The van der Waals surface area contributed by atoms with E-state index in [4.69, 9.17) is 4.74 Å². The standard InChI is InChI=1S/C21H29NO2/c1-3-14(2)24-19-6-4-18(5-7-19)20(23)22-21-11-15-8-16(12-21)10-17(9-15)13-21/h4-7,14-17H,3,8-13H2,1-2H3,(H,22,23)/t14-,15?,16?,17?,21?/m1/s1. The fourth-order valence-corrected chi connectivity index (χ4v) is 5.58. The van der Waals surface area contributed by atoms with Gasteiger partial charge in [-0.1, -0.05) is 6.92 Å². The molecule has 1 atom stereocenters.